The van der Waals surface area contributed by atoms with Gasteiger partial charge in [-0.1, -0.05) is 24.3 Å². The molecule has 0 unspecified atom stereocenters. The molecule has 0 saturated carbocycles. The van der Waals surface area contributed by atoms with Crippen molar-refractivity contribution in [2.45, 2.75) is 18.8 Å². The number of hydrogen-bond acceptors (Lipinski definition) is 5. The molecule has 2 N–H and O–H groups in total. The lowest BCUT2D eigenvalue weighted by molar-refractivity contribution is -0.101. The van der Waals surface area contributed by atoms with Crippen LogP contribution < -0.4 is 0 Å². The zero-order valence-corrected chi connectivity index (χ0v) is 11.1. The number of aliphatic hydroxyl groups excluding tert-OH is 2. The van der Waals surface area contributed by atoms with Crippen LogP contribution in [0, 0.1) is 17.2 Å². The van der Waals surface area contributed by atoms with Gasteiger partial charge in [0.2, 0.25) is 0 Å². The molecule has 0 aliphatic heterocycles. The van der Waals surface area contributed by atoms with Crippen LogP contribution in [0.2, 0.25) is 0 Å². The van der Waals surface area contributed by atoms with E-state index in [1.54, 1.807) is 26.4 Å². The highest BCUT2D eigenvalue weighted by Gasteiger charge is 2.23. The highest BCUT2D eigenvalue weighted by atomic mass is 16.7. The number of methoxy groups -OCH3 is 2. The van der Waals surface area contributed by atoms with Gasteiger partial charge in [-0.05, 0) is 11.1 Å². The van der Waals surface area contributed by atoms with Crippen molar-refractivity contribution in [1.29, 1.82) is 5.26 Å². The Morgan fingerprint density at radius 2 is 1.89 bits per heavy atom. The molecule has 104 valence electrons. The normalized spacial score (nSPS) is 14.1. The van der Waals surface area contributed by atoms with E-state index in [9.17, 15) is 5.11 Å². The van der Waals surface area contributed by atoms with Crippen molar-refractivity contribution in [1.82, 2.24) is 0 Å². The van der Waals surface area contributed by atoms with Gasteiger partial charge in [-0.25, -0.2) is 0 Å². The van der Waals surface area contributed by atoms with E-state index in [-0.39, 0.29) is 6.61 Å². The predicted octanol–water partition coefficient (Wildman–Crippen LogP) is 1.01. The largest absolute Gasteiger partial charge is 0.395 e. The quantitative estimate of drug-likeness (QED) is 0.719. The second-order valence-corrected chi connectivity index (χ2v) is 4.17. The minimum Gasteiger partial charge on any atom is -0.395 e. The van der Waals surface area contributed by atoms with E-state index >= 15 is 0 Å². The third-order valence-corrected chi connectivity index (χ3v) is 3.03. The van der Waals surface area contributed by atoms with Crippen LogP contribution in [-0.2, 0) is 15.9 Å². The van der Waals surface area contributed by atoms with E-state index < -0.39 is 18.3 Å². The molecule has 0 heterocycles. The van der Waals surface area contributed by atoms with Gasteiger partial charge in [0.1, 0.15) is 0 Å². The number of hydrogen-bond donors (Lipinski definition) is 2. The predicted molar refractivity (Wildman–Crippen MR) is 69.1 cm³/mol. The second kappa shape index (κ2) is 7.87. The first-order valence-electron chi connectivity index (χ1n) is 5.99. The molecular weight excluding hydrogens is 246 g/mol. The Hall–Kier alpha value is -1.45. The molecule has 2 atom stereocenters. The van der Waals surface area contributed by atoms with Crippen molar-refractivity contribution in [3.05, 3.63) is 35.4 Å². The summed E-state index contributed by atoms with van der Waals surface area (Å²) in [4.78, 5) is 0. The highest BCUT2D eigenvalue weighted by Crippen LogP contribution is 2.26. The number of nitriles is 1. The van der Waals surface area contributed by atoms with Gasteiger partial charge < -0.3 is 19.7 Å². The molecule has 19 heavy (non-hydrogen) atoms. The van der Waals surface area contributed by atoms with E-state index in [1.807, 2.05) is 18.2 Å². The fraction of sp³-hybridized carbons (Fsp3) is 0.500. The van der Waals surface area contributed by atoms with Crippen molar-refractivity contribution in [2.24, 2.45) is 5.92 Å². The smallest absolute Gasteiger partial charge is 0.160 e. The van der Waals surface area contributed by atoms with Gasteiger partial charge in [-0.15, -0.1) is 0 Å². The molecule has 0 aliphatic carbocycles. The summed E-state index contributed by atoms with van der Waals surface area (Å²) in [7, 11) is 3.08. The fourth-order valence-corrected chi connectivity index (χ4v) is 1.88. The molecule has 1 aromatic carbocycles. The van der Waals surface area contributed by atoms with Crippen LogP contribution >= 0.6 is 0 Å². The minimum atomic E-state index is -1.03. The standard InChI is InChI=1S/C14H19NO4/c1-18-13(19-2)7-10-5-3-4-6-12(10)14(17)11(8-15)9-16/h3-6,11,13-14,16-17H,7,9H2,1-2H3/t11-,14-/m0/s1. The Morgan fingerprint density at radius 3 is 2.42 bits per heavy atom. The summed E-state index contributed by atoms with van der Waals surface area (Å²) < 4.78 is 10.3. The van der Waals surface area contributed by atoms with Gasteiger partial charge >= 0.3 is 0 Å². The molecule has 5 heteroatoms. The maximum Gasteiger partial charge on any atom is 0.160 e. The van der Waals surface area contributed by atoms with Crippen LogP contribution in [0.3, 0.4) is 0 Å². The number of benzene rings is 1. The van der Waals surface area contributed by atoms with Crippen LogP contribution in [0.4, 0.5) is 0 Å². The first-order chi connectivity index (χ1) is 9.17. The van der Waals surface area contributed by atoms with Crippen LogP contribution in [-0.4, -0.2) is 37.3 Å². The van der Waals surface area contributed by atoms with Crippen molar-refractivity contribution in [3.8, 4) is 6.07 Å². The summed E-state index contributed by atoms with van der Waals surface area (Å²) >= 11 is 0. The van der Waals surface area contributed by atoms with E-state index in [0.717, 1.165) is 5.56 Å². The molecule has 0 amide bonds. The van der Waals surface area contributed by atoms with Crippen molar-refractivity contribution in [2.75, 3.05) is 20.8 Å². The third-order valence-electron chi connectivity index (χ3n) is 3.03. The highest BCUT2D eigenvalue weighted by molar-refractivity contribution is 5.30. The lowest BCUT2D eigenvalue weighted by Gasteiger charge is -2.20. The van der Waals surface area contributed by atoms with Crippen LogP contribution in [0.25, 0.3) is 0 Å². The Labute approximate surface area is 113 Å². The summed E-state index contributed by atoms with van der Waals surface area (Å²) in [5, 5.41) is 28.1. The van der Waals surface area contributed by atoms with Crippen molar-refractivity contribution < 1.29 is 19.7 Å². The Balaban J connectivity index is 2.98. The summed E-state index contributed by atoms with van der Waals surface area (Å²) in [5.41, 5.74) is 1.44. The van der Waals surface area contributed by atoms with E-state index in [4.69, 9.17) is 19.8 Å². The van der Waals surface area contributed by atoms with Gasteiger partial charge in [0.25, 0.3) is 0 Å². The maximum atomic E-state index is 10.2. The van der Waals surface area contributed by atoms with Gasteiger partial charge in [-0.2, -0.15) is 5.26 Å². The monoisotopic (exact) mass is 265 g/mol. The zero-order chi connectivity index (χ0) is 14.3. The van der Waals surface area contributed by atoms with Gasteiger partial charge in [0, 0.05) is 20.6 Å². The van der Waals surface area contributed by atoms with Crippen LogP contribution in [0.1, 0.15) is 17.2 Å². The van der Waals surface area contributed by atoms with E-state index in [2.05, 4.69) is 0 Å². The maximum absolute atomic E-state index is 10.2. The molecule has 0 radical (unpaired) electrons. The van der Waals surface area contributed by atoms with Crippen molar-refractivity contribution in [3.63, 3.8) is 0 Å². The molecule has 1 aromatic rings. The fourth-order valence-electron chi connectivity index (χ4n) is 1.88. The average molecular weight is 265 g/mol. The molecule has 1 rings (SSSR count). The molecule has 0 saturated heterocycles. The topological polar surface area (TPSA) is 82.7 Å². The molecule has 0 aliphatic rings. The molecule has 0 bridgehead atoms. The zero-order valence-electron chi connectivity index (χ0n) is 11.1. The SMILES string of the molecule is COC(Cc1ccccc1[C@@H](O)[C@@H](C#N)CO)OC. The summed E-state index contributed by atoms with van der Waals surface area (Å²) in [6.45, 7) is -0.385. The second-order valence-electron chi connectivity index (χ2n) is 4.17. The van der Waals surface area contributed by atoms with Gasteiger partial charge in [0.15, 0.2) is 6.29 Å². The average Bonchev–Trinajstić information content (AvgIpc) is 2.46. The number of rotatable bonds is 7. The molecular formula is C14H19NO4. The van der Waals surface area contributed by atoms with Crippen molar-refractivity contribution >= 4 is 0 Å². The first-order valence-corrected chi connectivity index (χ1v) is 5.99. The van der Waals surface area contributed by atoms with Gasteiger partial charge in [0.05, 0.1) is 24.7 Å². The number of ether oxygens (including phenoxy) is 2. The molecule has 0 spiro atoms. The van der Waals surface area contributed by atoms with Gasteiger partial charge in [-0.3, -0.25) is 0 Å². The summed E-state index contributed by atoms with van der Waals surface area (Å²) in [6, 6.07) is 9.10. The Kier molecular flexibility index (Phi) is 6.46. The Morgan fingerprint density at radius 1 is 1.26 bits per heavy atom. The number of nitrogens with zero attached hydrogens (tertiary/aromatic N) is 1. The van der Waals surface area contributed by atoms with Crippen LogP contribution in [0.5, 0.6) is 0 Å². The Bertz CT molecular complexity index is 426. The molecule has 0 fully saturated rings. The lowest BCUT2D eigenvalue weighted by Crippen LogP contribution is -2.20. The number of aliphatic hydroxyl groups is 2. The lowest BCUT2D eigenvalue weighted by atomic mass is 9.92. The minimum absolute atomic E-state index is 0.385. The van der Waals surface area contributed by atoms with Crippen LogP contribution in [0.15, 0.2) is 24.3 Å². The summed E-state index contributed by atoms with van der Waals surface area (Å²) in [5.74, 6) is -0.843. The van der Waals surface area contributed by atoms with E-state index in [1.165, 1.54) is 0 Å². The third kappa shape index (κ3) is 4.01. The molecule has 5 nitrogen and oxygen atoms in total. The molecule has 0 aromatic heterocycles. The summed E-state index contributed by atoms with van der Waals surface area (Å²) in [6.07, 6.45) is -0.979. The first kappa shape index (κ1) is 15.6. The van der Waals surface area contributed by atoms with E-state index in [0.29, 0.717) is 12.0 Å².